The molecule has 0 aliphatic heterocycles. The molecule has 1 aromatic carbocycles. The van der Waals surface area contributed by atoms with Gasteiger partial charge < -0.3 is 0 Å². The van der Waals surface area contributed by atoms with Crippen LogP contribution in [0.3, 0.4) is 0 Å². The summed E-state index contributed by atoms with van der Waals surface area (Å²) in [6, 6.07) is 9.26. The molecule has 0 spiro atoms. The molecule has 2 rings (SSSR count). The van der Waals surface area contributed by atoms with E-state index in [0.29, 0.717) is 0 Å². The number of hydrogen-bond acceptors (Lipinski definition) is 0. The smallest absolute Gasteiger partial charge is 0.0162 e. The van der Waals surface area contributed by atoms with Crippen LogP contribution in [0.5, 0.6) is 0 Å². The first-order chi connectivity index (χ1) is 8.33. The van der Waals surface area contributed by atoms with E-state index in [2.05, 4.69) is 53.2 Å². The maximum absolute atomic E-state index is 3.38. The predicted octanol–water partition coefficient (Wildman–Crippen LogP) is 5.43. The normalized spacial score (nSPS) is 25.3. The van der Waals surface area contributed by atoms with Gasteiger partial charge in [-0.3, -0.25) is 0 Å². The van der Waals surface area contributed by atoms with Crippen molar-refractivity contribution in [3.8, 4) is 0 Å². The molecular formula is C16H21Br. The number of benzene rings is 1. The molecule has 1 fully saturated rings. The Morgan fingerprint density at radius 1 is 1.12 bits per heavy atom. The molecule has 0 bridgehead atoms. The number of hydrogen-bond donors (Lipinski definition) is 0. The summed E-state index contributed by atoms with van der Waals surface area (Å²) in [6.07, 6.45) is 8.80. The van der Waals surface area contributed by atoms with Gasteiger partial charge in [-0.2, -0.15) is 0 Å². The van der Waals surface area contributed by atoms with Crippen molar-refractivity contribution in [2.24, 2.45) is 5.92 Å². The van der Waals surface area contributed by atoms with Crippen LogP contribution < -0.4 is 0 Å². The van der Waals surface area contributed by atoms with Gasteiger partial charge in [-0.1, -0.05) is 53.2 Å². The van der Waals surface area contributed by atoms with Crippen molar-refractivity contribution < 1.29 is 0 Å². The van der Waals surface area contributed by atoms with Crippen LogP contribution in [0.2, 0.25) is 0 Å². The molecule has 0 atom stereocenters. The molecule has 92 valence electrons. The third-order valence-electron chi connectivity index (χ3n) is 3.98. The van der Waals surface area contributed by atoms with Crippen LogP contribution in [0, 0.1) is 5.92 Å². The van der Waals surface area contributed by atoms with E-state index in [-0.39, 0.29) is 0 Å². The zero-order valence-corrected chi connectivity index (χ0v) is 12.1. The minimum Gasteiger partial charge on any atom is -0.0745 e. The summed E-state index contributed by atoms with van der Waals surface area (Å²) in [5.41, 5.74) is 2.99. The van der Waals surface area contributed by atoms with Crippen LogP contribution in [0.15, 0.2) is 35.3 Å². The predicted molar refractivity (Wildman–Crippen MR) is 78.6 cm³/mol. The highest BCUT2D eigenvalue weighted by Crippen LogP contribution is 2.36. The average molecular weight is 293 g/mol. The van der Waals surface area contributed by atoms with Crippen LogP contribution >= 0.6 is 15.9 Å². The van der Waals surface area contributed by atoms with E-state index in [9.17, 15) is 0 Å². The summed E-state index contributed by atoms with van der Waals surface area (Å²) in [5, 5.41) is 0. The topological polar surface area (TPSA) is 0 Å². The minimum absolute atomic E-state index is 0.792. The van der Waals surface area contributed by atoms with Gasteiger partial charge in [0.05, 0.1) is 0 Å². The average Bonchev–Trinajstić information content (AvgIpc) is 2.40. The number of allylic oxidation sites excluding steroid dienone is 1. The van der Waals surface area contributed by atoms with E-state index < -0.39 is 0 Å². The lowest BCUT2D eigenvalue weighted by atomic mass is 9.78. The molecule has 1 heteroatoms. The number of halogens is 1. The molecular weight excluding hydrogens is 272 g/mol. The van der Waals surface area contributed by atoms with Crippen molar-refractivity contribution in [1.29, 1.82) is 0 Å². The van der Waals surface area contributed by atoms with E-state index in [0.717, 1.165) is 18.3 Å². The SMILES string of the molecule is CCc1ccc(C2CCC(C=CBr)CC2)cc1. The molecule has 0 N–H and O–H groups in total. The second-order valence-electron chi connectivity index (χ2n) is 5.03. The van der Waals surface area contributed by atoms with E-state index >= 15 is 0 Å². The van der Waals surface area contributed by atoms with Gasteiger partial charge in [-0.05, 0) is 60.1 Å². The number of aryl methyl sites for hydroxylation is 1. The van der Waals surface area contributed by atoms with Gasteiger partial charge in [0.15, 0.2) is 0 Å². The summed E-state index contributed by atoms with van der Waals surface area (Å²) < 4.78 is 0. The number of rotatable bonds is 3. The molecule has 1 aliphatic rings. The van der Waals surface area contributed by atoms with Crippen molar-refractivity contribution in [1.82, 2.24) is 0 Å². The largest absolute Gasteiger partial charge is 0.0745 e. The van der Waals surface area contributed by atoms with Gasteiger partial charge in [0.25, 0.3) is 0 Å². The van der Waals surface area contributed by atoms with Gasteiger partial charge in [-0.15, -0.1) is 0 Å². The molecule has 0 nitrogen and oxygen atoms in total. The van der Waals surface area contributed by atoms with E-state index in [4.69, 9.17) is 0 Å². The Morgan fingerprint density at radius 3 is 2.29 bits per heavy atom. The standard InChI is InChI=1S/C16H21Br/c1-2-13-3-7-15(8-4-13)16-9-5-14(6-10-16)11-12-17/h3-4,7-8,11-12,14,16H,2,5-6,9-10H2,1H3. The maximum atomic E-state index is 3.38. The monoisotopic (exact) mass is 292 g/mol. The minimum atomic E-state index is 0.792. The van der Waals surface area contributed by atoms with Crippen LogP contribution in [-0.4, -0.2) is 0 Å². The van der Waals surface area contributed by atoms with Crippen molar-refractivity contribution in [2.75, 3.05) is 0 Å². The molecule has 0 amide bonds. The van der Waals surface area contributed by atoms with Crippen LogP contribution in [0.1, 0.15) is 49.7 Å². The molecule has 1 saturated carbocycles. The first-order valence-electron chi connectivity index (χ1n) is 6.69. The van der Waals surface area contributed by atoms with Gasteiger partial charge in [-0.25, -0.2) is 0 Å². The summed E-state index contributed by atoms with van der Waals surface area (Å²) in [5.74, 6) is 1.58. The second kappa shape index (κ2) is 6.39. The second-order valence-corrected chi connectivity index (χ2v) is 5.55. The lowest BCUT2D eigenvalue weighted by molar-refractivity contribution is 0.376. The Balaban J connectivity index is 1.95. The highest BCUT2D eigenvalue weighted by atomic mass is 79.9. The Labute approximate surface area is 113 Å². The molecule has 0 aromatic heterocycles. The fourth-order valence-electron chi connectivity index (χ4n) is 2.77. The fourth-order valence-corrected chi connectivity index (χ4v) is 3.21. The molecule has 0 saturated heterocycles. The summed E-state index contributed by atoms with van der Waals surface area (Å²) in [4.78, 5) is 2.02. The molecule has 17 heavy (non-hydrogen) atoms. The first-order valence-corrected chi connectivity index (χ1v) is 7.60. The lowest BCUT2D eigenvalue weighted by Gasteiger charge is -2.27. The maximum Gasteiger partial charge on any atom is -0.0162 e. The fraction of sp³-hybridized carbons (Fsp3) is 0.500. The lowest BCUT2D eigenvalue weighted by Crippen LogP contribution is -2.11. The van der Waals surface area contributed by atoms with E-state index in [1.54, 1.807) is 5.56 Å². The van der Waals surface area contributed by atoms with Gasteiger partial charge in [0, 0.05) is 0 Å². The van der Waals surface area contributed by atoms with Crippen molar-refractivity contribution in [3.63, 3.8) is 0 Å². The van der Waals surface area contributed by atoms with Crippen molar-refractivity contribution >= 4 is 15.9 Å². The Bertz CT molecular complexity index is 356. The van der Waals surface area contributed by atoms with Crippen LogP contribution in [0.25, 0.3) is 0 Å². The molecule has 0 heterocycles. The van der Waals surface area contributed by atoms with Crippen LogP contribution in [0.4, 0.5) is 0 Å². The first kappa shape index (κ1) is 12.9. The highest BCUT2D eigenvalue weighted by molar-refractivity contribution is 9.11. The summed E-state index contributed by atoms with van der Waals surface area (Å²) >= 11 is 3.38. The Morgan fingerprint density at radius 2 is 1.76 bits per heavy atom. The van der Waals surface area contributed by atoms with Gasteiger partial charge in [0.1, 0.15) is 0 Å². The molecule has 0 unspecified atom stereocenters. The highest BCUT2D eigenvalue weighted by Gasteiger charge is 2.20. The third-order valence-corrected chi connectivity index (χ3v) is 4.28. The quantitative estimate of drug-likeness (QED) is 0.697. The summed E-state index contributed by atoms with van der Waals surface area (Å²) in [6.45, 7) is 2.22. The van der Waals surface area contributed by atoms with Crippen molar-refractivity contribution in [2.45, 2.75) is 44.9 Å². The van der Waals surface area contributed by atoms with E-state index in [1.807, 2.05) is 4.99 Å². The zero-order valence-electron chi connectivity index (χ0n) is 10.5. The molecule has 1 aliphatic carbocycles. The third kappa shape index (κ3) is 3.45. The zero-order chi connectivity index (χ0) is 12.1. The summed E-state index contributed by atoms with van der Waals surface area (Å²) in [7, 11) is 0. The van der Waals surface area contributed by atoms with Crippen molar-refractivity contribution in [3.05, 3.63) is 46.5 Å². The Kier molecular flexibility index (Phi) is 4.85. The molecule has 0 radical (unpaired) electrons. The van der Waals surface area contributed by atoms with E-state index in [1.165, 1.54) is 31.2 Å². The van der Waals surface area contributed by atoms with Gasteiger partial charge >= 0.3 is 0 Å². The molecule has 1 aromatic rings. The van der Waals surface area contributed by atoms with Gasteiger partial charge in [0.2, 0.25) is 0 Å². The van der Waals surface area contributed by atoms with Crippen LogP contribution in [-0.2, 0) is 6.42 Å². The Hall–Kier alpha value is -0.560.